The average Bonchev–Trinajstić information content (AvgIpc) is 2.60. The van der Waals surface area contributed by atoms with Crippen LogP contribution in [0.2, 0.25) is 0 Å². The Labute approximate surface area is 148 Å². The summed E-state index contributed by atoms with van der Waals surface area (Å²) in [5, 5.41) is 2.54. The molecule has 0 aliphatic heterocycles. The van der Waals surface area contributed by atoms with Crippen LogP contribution in [0.3, 0.4) is 0 Å². The van der Waals surface area contributed by atoms with Crippen molar-refractivity contribution in [3.63, 3.8) is 0 Å². The van der Waals surface area contributed by atoms with Crippen LogP contribution >= 0.6 is 0 Å². The first kappa shape index (κ1) is 19.6. The van der Waals surface area contributed by atoms with Gasteiger partial charge in [-0.15, -0.1) is 0 Å². The van der Waals surface area contributed by atoms with Crippen molar-refractivity contribution >= 4 is 11.6 Å². The third kappa shape index (κ3) is 5.96. The Bertz CT molecular complexity index is 734. The van der Waals surface area contributed by atoms with Gasteiger partial charge in [0.25, 0.3) is 5.91 Å². The second-order valence-corrected chi connectivity index (χ2v) is 5.20. The summed E-state index contributed by atoms with van der Waals surface area (Å²) in [7, 11) is 1.55. The second kappa shape index (κ2) is 9.10. The van der Waals surface area contributed by atoms with Gasteiger partial charge in [0.15, 0.2) is 6.61 Å². The molecule has 0 radical (unpaired) electrons. The molecule has 26 heavy (non-hydrogen) atoms. The quantitative estimate of drug-likeness (QED) is 0.720. The zero-order chi connectivity index (χ0) is 19.0. The summed E-state index contributed by atoms with van der Waals surface area (Å²) in [6, 6.07) is 11.3. The van der Waals surface area contributed by atoms with Gasteiger partial charge in [-0.25, -0.2) is 0 Å². The predicted octanol–water partition coefficient (Wildman–Crippen LogP) is 3.75. The molecule has 0 heterocycles. The number of amides is 1. The van der Waals surface area contributed by atoms with Crippen molar-refractivity contribution < 1.29 is 32.2 Å². The number of carbonyl (C=O) groups excluding carboxylic acids is 1. The van der Waals surface area contributed by atoms with E-state index >= 15 is 0 Å². The Morgan fingerprint density at radius 3 is 2.54 bits per heavy atom. The lowest BCUT2D eigenvalue weighted by atomic mass is 10.2. The average molecular weight is 369 g/mol. The van der Waals surface area contributed by atoms with Gasteiger partial charge in [-0.3, -0.25) is 4.79 Å². The molecule has 140 valence electrons. The van der Waals surface area contributed by atoms with Gasteiger partial charge in [0.1, 0.15) is 18.1 Å². The summed E-state index contributed by atoms with van der Waals surface area (Å²) >= 11 is 0. The molecule has 2 aromatic carbocycles. The van der Waals surface area contributed by atoms with E-state index in [0.717, 1.165) is 6.07 Å². The molecular formula is C18H18F3NO4. The first-order valence-electron chi connectivity index (χ1n) is 7.71. The number of hydrogen-bond acceptors (Lipinski definition) is 4. The number of carbonyl (C=O) groups is 1. The molecule has 8 heteroatoms. The number of benzene rings is 2. The van der Waals surface area contributed by atoms with Crippen molar-refractivity contribution in [2.75, 3.05) is 32.2 Å². The molecule has 0 saturated carbocycles. The van der Waals surface area contributed by atoms with E-state index in [1.807, 2.05) is 0 Å². The van der Waals surface area contributed by atoms with E-state index in [-0.39, 0.29) is 0 Å². The molecule has 1 N–H and O–H groups in total. The highest BCUT2D eigenvalue weighted by atomic mass is 19.4. The number of nitrogens with one attached hydrogen (secondary N) is 1. The highest BCUT2D eigenvalue weighted by Gasteiger charge is 2.34. The lowest BCUT2D eigenvalue weighted by molar-refractivity contribution is -0.139. The van der Waals surface area contributed by atoms with Crippen LogP contribution in [-0.4, -0.2) is 32.8 Å². The van der Waals surface area contributed by atoms with Crippen molar-refractivity contribution in [2.45, 2.75) is 6.18 Å². The van der Waals surface area contributed by atoms with Crippen LogP contribution in [0, 0.1) is 0 Å². The third-order valence-electron chi connectivity index (χ3n) is 3.23. The van der Waals surface area contributed by atoms with Gasteiger partial charge in [0, 0.05) is 18.9 Å². The van der Waals surface area contributed by atoms with Crippen LogP contribution < -0.4 is 14.8 Å². The maximum Gasteiger partial charge on any atom is 0.419 e. The fourth-order valence-electron chi connectivity index (χ4n) is 2.07. The molecule has 0 aliphatic rings. The van der Waals surface area contributed by atoms with Crippen molar-refractivity contribution in [3.05, 3.63) is 54.1 Å². The minimum atomic E-state index is -4.55. The number of anilines is 1. The number of para-hydroxylation sites is 1. The van der Waals surface area contributed by atoms with Gasteiger partial charge in [-0.05, 0) is 24.3 Å². The van der Waals surface area contributed by atoms with Crippen molar-refractivity contribution in [1.82, 2.24) is 0 Å². The van der Waals surface area contributed by atoms with Crippen molar-refractivity contribution in [1.29, 1.82) is 0 Å². The Morgan fingerprint density at radius 2 is 1.81 bits per heavy atom. The molecule has 0 aromatic heterocycles. The zero-order valence-electron chi connectivity index (χ0n) is 14.0. The lowest BCUT2D eigenvalue weighted by Gasteiger charge is -2.14. The molecule has 2 rings (SSSR count). The number of ether oxygens (including phenoxy) is 3. The van der Waals surface area contributed by atoms with E-state index in [2.05, 4.69) is 5.32 Å². The van der Waals surface area contributed by atoms with Crippen LogP contribution in [0.1, 0.15) is 5.56 Å². The Morgan fingerprint density at radius 1 is 1.04 bits per heavy atom. The van der Waals surface area contributed by atoms with Gasteiger partial charge in [-0.2, -0.15) is 13.2 Å². The predicted molar refractivity (Wildman–Crippen MR) is 89.4 cm³/mol. The fourth-order valence-corrected chi connectivity index (χ4v) is 2.07. The van der Waals surface area contributed by atoms with E-state index in [9.17, 15) is 18.0 Å². The van der Waals surface area contributed by atoms with E-state index in [4.69, 9.17) is 14.2 Å². The van der Waals surface area contributed by atoms with E-state index in [1.165, 1.54) is 18.2 Å². The van der Waals surface area contributed by atoms with Crippen LogP contribution in [0.15, 0.2) is 48.5 Å². The van der Waals surface area contributed by atoms with Gasteiger partial charge in [0.2, 0.25) is 0 Å². The van der Waals surface area contributed by atoms with E-state index in [1.54, 1.807) is 31.4 Å². The normalized spacial score (nSPS) is 11.1. The second-order valence-electron chi connectivity index (χ2n) is 5.20. The zero-order valence-corrected chi connectivity index (χ0v) is 14.0. The lowest BCUT2D eigenvalue weighted by Crippen LogP contribution is -2.21. The van der Waals surface area contributed by atoms with Crippen molar-refractivity contribution in [2.24, 2.45) is 0 Å². The van der Waals surface area contributed by atoms with Crippen LogP contribution in [-0.2, 0) is 15.7 Å². The molecule has 0 atom stereocenters. The first-order valence-corrected chi connectivity index (χ1v) is 7.71. The van der Waals surface area contributed by atoms with Gasteiger partial charge < -0.3 is 19.5 Å². The van der Waals surface area contributed by atoms with Gasteiger partial charge in [-0.1, -0.05) is 18.2 Å². The molecule has 0 aliphatic carbocycles. The van der Waals surface area contributed by atoms with Crippen LogP contribution in [0.25, 0.3) is 0 Å². The highest BCUT2D eigenvalue weighted by molar-refractivity contribution is 5.92. The minimum Gasteiger partial charge on any atom is -0.491 e. The summed E-state index contributed by atoms with van der Waals surface area (Å²) in [6.07, 6.45) is -4.55. The standard InChI is InChI=1S/C18H18F3NO4/c1-24-9-10-25-14-6-4-5-13(11-14)22-17(23)12-26-16-8-3-2-7-15(16)18(19,20)21/h2-8,11H,9-10,12H2,1H3,(H,22,23). The summed E-state index contributed by atoms with van der Waals surface area (Å²) in [4.78, 5) is 11.9. The molecule has 0 fully saturated rings. The van der Waals surface area contributed by atoms with E-state index in [0.29, 0.717) is 24.7 Å². The molecule has 2 aromatic rings. The summed E-state index contributed by atoms with van der Waals surface area (Å²) < 4.78 is 54.0. The van der Waals surface area contributed by atoms with Gasteiger partial charge in [0.05, 0.1) is 12.2 Å². The molecule has 0 saturated heterocycles. The highest BCUT2D eigenvalue weighted by Crippen LogP contribution is 2.35. The Balaban J connectivity index is 1.93. The summed E-state index contributed by atoms with van der Waals surface area (Å²) in [5.41, 5.74) is -0.487. The smallest absolute Gasteiger partial charge is 0.419 e. The largest absolute Gasteiger partial charge is 0.491 e. The van der Waals surface area contributed by atoms with Crippen molar-refractivity contribution in [3.8, 4) is 11.5 Å². The Hall–Kier alpha value is -2.74. The van der Waals surface area contributed by atoms with Gasteiger partial charge >= 0.3 is 6.18 Å². The Kier molecular flexibility index (Phi) is 6.85. The number of methoxy groups -OCH3 is 1. The number of halogens is 3. The van der Waals surface area contributed by atoms with E-state index < -0.39 is 30.0 Å². The SMILES string of the molecule is COCCOc1cccc(NC(=O)COc2ccccc2C(F)(F)F)c1. The molecule has 5 nitrogen and oxygen atoms in total. The summed E-state index contributed by atoms with van der Waals surface area (Å²) in [6.45, 7) is 0.218. The maximum absolute atomic E-state index is 12.9. The number of hydrogen-bond donors (Lipinski definition) is 1. The summed E-state index contributed by atoms with van der Waals surface area (Å²) in [5.74, 6) is -0.453. The molecule has 0 bridgehead atoms. The number of alkyl halides is 3. The topological polar surface area (TPSA) is 56.8 Å². The molecule has 1 amide bonds. The molecule has 0 spiro atoms. The monoisotopic (exact) mass is 369 g/mol. The maximum atomic E-state index is 12.9. The minimum absolute atomic E-state index is 0.352. The number of rotatable bonds is 8. The van der Waals surface area contributed by atoms with Crippen LogP contribution in [0.5, 0.6) is 11.5 Å². The first-order chi connectivity index (χ1) is 12.4. The van der Waals surface area contributed by atoms with Crippen LogP contribution in [0.4, 0.5) is 18.9 Å². The molecular weight excluding hydrogens is 351 g/mol. The molecule has 0 unspecified atom stereocenters. The third-order valence-corrected chi connectivity index (χ3v) is 3.23. The fraction of sp³-hybridized carbons (Fsp3) is 0.278.